The summed E-state index contributed by atoms with van der Waals surface area (Å²) >= 11 is 0. The van der Waals surface area contributed by atoms with E-state index in [2.05, 4.69) is 22.5 Å². The highest BCUT2D eigenvalue weighted by Crippen LogP contribution is 2.42. The number of hydrogen-bond donors (Lipinski definition) is 3. The van der Waals surface area contributed by atoms with Crippen LogP contribution in [0.5, 0.6) is 0 Å². The molecule has 9 nitrogen and oxygen atoms in total. The first-order valence-electron chi connectivity index (χ1n) is 10.2. The molecule has 3 fully saturated rings. The van der Waals surface area contributed by atoms with Gasteiger partial charge in [0.25, 0.3) is 5.91 Å². The summed E-state index contributed by atoms with van der Waals surface area (Å²) < 4.78 is 5.62. The fourth-order valence-corrected chi connectivity index (χ4v) is 3.99. The lowest BCUT2D eigenvalue weighted by atomic mass is 9.96. The van der Waals surface area contributed by atoms with Gasteiger partial charge in [0.15, 0.2) is 0 Å². The van der Waals surface area contributed by atoms with Crippen LogP contribution < -0.4 is 10.6 Å². The quantitative estimate of drug-likeness (QED) is 0.623. The highest BCUT2D eigenvalue weighted by Gasteiger charge is 2.34. The van der Waals surface area contributed by atoms with E-state index in [4.69, 9.17) is 9.72 Å². The van der Waals surface area contributed by atoms with E-state index in [1.165, 1.54) is 6.92 Å². The molecule has 156 valence electrons. The molecule has 2 unspecified atom stereocenters. The smallest absolute Gasteiger partial charge is 0.277 e. The number of ether oxygens (including phenoxy) is 1. The Kier molecular flexibility index (Phi) is 5.51. The number of piperazine rings is 1. The summed E-state index contributed by atoms with van der Waals surface area (Å²) in [7, 11) is 0. The molecule has 2 aliphatic heterocycles. The van der Waals surface area contributed by atoms with E-state index < -0.39 is 11.8 Å². The molecule has 9 heteroatoms. The average molecular weight is 401 g/mol. The maximum absolute atomic E-state index is 12.6. The third-order valence-electron chi connectivity index (χ3n) is 5.70. The number of morpholine rings is 1. The van der Waals surface area contributed by atoms with Crippen molar-refractivity contribution in [3.63, 3.8) is 0 Å². The lowest BCUT2D eigenvalue weighted by Gasteiger charge is -2.29. The van der Waals surface area contributed by atoms with Crippen molar-refractivity contribution in [1.29, 1.82) is 0 Å². The number of nitrogens with one attached hydrogen (secondary N) is 3. The number of nitrogens with zero attached hydrogens (tertiary/aromatic N) is 2. The average Bonchev–Trinajstić information content (AvgIpc) is 3.47. The van der Waals surface area contributed by atoms with E-state index in [0.717, 1.165) is 42.2 Å². The van der Waals surface area contributed by atoms with Crippen molar-refractivity contribution in [3.8, 4) is 0 Å². The lowest BCUT2D eigenvalue weighted by molar-refractivity contribution is -0.147. The van der Waals surface area contributed by atoms with Crippen molar-refractivity contribution in [1.82, 2.24) is 25.5 Å². The number of aromatic amines is 1. The van der Waals surface area contributed by atoms with Gasteiger partial charge in [0.2, 0.25) is 11.8 Å². The molecule has 1 aliphatic carbocycles. The second kappa shape index (κ2) is 8.08. The van der Waals surface area contributed by atoms with Crippen molar-refractivity contribution < 1.29 is 19.1 Å². The number of imidazole rings is 1. The van der Waals surface area contributed by atoms with Gasteiger partial charge in [-0.3, -0.25) is 19.3 Å². The van der Waals surface area contributed by atoms with Crippen LogP contribution in [-0.2, 0) is 19.1 Å². The summed E-state index contributed by atoms with van der Waals surface area (Å²) in [6.45, 7) is 5.31. The Hall–Kier alpha value is -2.52. The molecule has 2 saturated heterocycles. The highest BCUT2D eigenvalue weighted by molar-refractivity contribution is 6.12. The molecule has 0 radical (unpaired) electrons. The fraction of sp³-hybridized carbons (Fsp3) is 0.600. The Morgan fingerprint density at radius 1 is 1.38 bits per heavy atom. The molecule has 3 amide bonds. The van der Waals surface area contributed by atoms with Gasteiger partial charge in [0.05, 0.1) is 18.9 Å². The van der Waals surface area contributed by atoms with E-state index in [-0.39, 0.29) is 30.1 Å². The van der Waals surface area contributed by atoms with Gasteiger partial charge in [-0.05, 0) is 25.3 Å². The van der Waals surface area contributed by atoms with Crippen LogP contribution in [0.3, 0.4) is 0 Å². The predicted octanol–water partition coefficient (Wildman–Crippen LogP) is 0.615. The Bertz CT molecular complexity index is 851. The molecular weight excluding hydrogens is 374 g/mol. The monoisotopic (exact) mass is 401 g/mol. The van der Waals surface area contributed by atoms with Crippen LogP contribution in [0.25, 0.3) is 6.08 Å². The first-order chi connectivity index (χ1) is 14.0. The van der Waals surface area contributed by atoms with Gasteiger partial charge in [-0.2, -0.15) is 0 Å². The van der Waals surface area contributed by atoms with Crippen LogP contribution in [0.15, 0.2) is 5.70 Å². The first kappa shape index (κ1) is 19.8. The topological polar surface area (TPSA) is 116 Å². The van der Waals surface area contributed by atoms with Gasteiger partial charge in [0, 0.05) is 37.0 Å². The van der Waals surface area contributed by atoms with Crippen molar-refractivity contribution in [2.45, 2.75) is 51.0 Å². The second-order valence-corrected chi connectivity index (χ2v) is 7.86. The van der Waals surface area contributed by atoms with E-state index in [1.807, 2.05) is 0 Å². The fourth-order valence-electron chi connectivity index (χ4n) is 3.99. The molecular formula is C20H27N5O4. The summed E-state index contributed by atoms with van der Waals surface area (Å²) in [6.07, 6.45) is 4.63. The first-order valence-corrected chi connectivity index (χ1v) is 10.2. The molecule has 1 aromatic heterocycles. The van der Waals surface area contributed by atoms with E-state index in [0.29, 0.717) is 24.8 Å². The van der Waals surface area contributed by atoms with Gasteiger partial charge in [-0.1, -0.05) is 6.92 Å². The molecule has 3 heterocycles. The van der Waals surface area contributed by atoms with Crippen LogP contribution in [0.1, 0.15) is 62.2 Å². The Labute approximate surface area is 169 Å². The summed E-state index contributed by atoms with van der Waals surface area (Å²) in [5, 5.41) is 6.09. The van der Waals surface area contributed by atoms with E-state index >= 15 is 0 Å². The van der Waals surface area contributed by atoms with E-state index in [1.54, 1.807) is 6.08 Å². The van der Waals surface area contributed by atoms with Gasteiger partial charge in [-0.15, -0.1) is 0 Å². The number of aromatic nitrogens is 2. The molecule has 4 rings (SSSR count). The molecule has 0 aromatic carbocycles. The lowest BCUT2D eigenvalue weighted by Crippen LogP contribution is -2.51. The zero-order valence-electron chi connectivity index (χ0n) is 16.8. The normalized spacial score (nSPS) is 25.2. The minimum absolute atomic E-state index is 0.0866. The highest BCUT2D eigenvalue weighted by atomic mass is 16.5. The number of carbonyl (C=O) groups is 3. The van der Waals surface area contributed by atoms with Gasteiger partial charge in [0.1, 0.15) is 18.1 Å². The molecule has 3 N–H and O–H groups in total. The predicted molar refractivity (Wildman–Crippen MR) is 105 cm³/mol. The molecule has 0 bridgehead atoms. The summed E-state index contributed by atoms with van der Waals surface area (Å²) in [5.74, 6) is 0.0694. The SMILES string of the molecule is CCC(c1nc(/C=C2\NC(=O)CN(C(C)=O)C2=O)c(C2CC2)[nH]1)C1COCCN1. The van der Waals surface area contributed by atoms with Crippen LogP contribution in [0, 0.1) is 0 Å². The Morgan fingerprint density at radius 3 is 2.79 bits per heavy atom. The van der Waals surface area contributed by atoms with E-state index in [9.17, 15) is 14.4 Å². The van der Waals surface area contributed by atoms with Crippen LogP contribution >= 0.6 is 0 Å². The number of rotatable bonds is 5. The van der Waals surface area contributed by atoms with Gasteiger partial charge < -0.3 is 20.4 Å². The number of H-pyrrole nitrogens is 1. The second-order valence-electron chi connectivity index (χ2n) is 7.86. The molecule has 1 saturated carbocycles. The van der Waals surface area contributed by atoms with Crippen LogP contribution in [0.2, 0.25) is 0 Å². The third kappa shape index (κ3) is 4.11. The van der Waals surface area contributed by atoms with Crippen molar-refractivity contribution >= 4 is 23.8 Å². The molecule has 3 aliphatic rings. The number of amides is 3. The largest absolute Gasteiger partial charge is 0.378 e. The maximum Gasteiger partial charge on any atom is 0.277 e. The number of carbonyl (C=O) groups excluding carboxylic acids is 3. The Balaban J connectivity index is 1.66. The third-order valence-corrected chi connectivity index (χ3v) is 5.70. The van der Waals surface area contributed by atoms with Crippen LogP contribution in [0.4, 0.5) is 0 Å². The molecule has 1 aromatic rings. The Morgan fingerprint density at radius 2 is 2.17 bits per heavy atom. The maximum atomic E-state index is 12.6. The molecule has 2 atom stereocenters. The van der Waals surface area contributed by atoms with Crippen LogP contribution in [-0.4, -0.2) is 64.9 Å². The van der Waals surface area contributed by atoms with Gasteiger partial charge >= 0.3 is 0 Å². The zero-order chi connectivity index (χ0) is 20.5. The van der Waals surface area contributed by atoms with Crippen molar-refractivity contribution in [2.24, 2.45) is 0 Å². The number of hydrogen-bond acceptors (Lipinski definition) is 6. The minimum Gasteiger partial charge on any atom is -0.378 e. The molecule has 29 heavy (non-hydrogen) atoms. The standard InChI is InChI=1S/C20H27N5O4/c1-3-13(16-10-29-7-6-21-16)19-23-14(18(24-19)12-4-5-12)8-15-20(28)25(11(2)26)9-17(27)22-15/h8,12-13,16,21H,3-7,9-10H2,1-2H3,(H,22,27)(H,23,24)/b15-8-. The zero-order valence-corrected chi connectivity index (χ0v) is 16.8. The molecule has 0 spiro atoms. The van der Waals surface area contributed by atoms with Gasteiger partial charge in [-0.25, -0.2) is 4.98 Å². The summed E-state index contributed by atoms with van der Waals surface area (Å²) in [4.78, 5) is 45.5. The van der Waals surface area contributed by atoms with Crippen molar-refractivity contribution in [3.05, 3.63) is 22.9 Å². The number of imide groups is 1. The summed E-state index contributed by atoms with van der Waals surface area (Å²) in [6, 6.07) is 0.177. The minimum atomic E-state index is -0.502. The van der Waals surface area contributed by atoms with Crippen molar-refractivity contribution in [2.75, 3.05) is 26.3 Å². The summed E-state index contributed by atoms with van der Waals surface area (Å²) in [5.41, 5.74) is 1.74.